The van der Waals surface area contributed by atoms with Crippen molar-refractivity contribution >= 4 is 0 Å². The van der Waals surface area contributed by atoms with Crippen LogP contribution in [0, 0.1) is 0 Å². The van der Waals surface area contributed by atoms with Gasteiger partial charge in [-0.15, -0.1) is 0 Å². The van der Waals surface area contributed by atoms with Gasteiger partial charge in [0, 0.05) is 37.9 Å². The lowest BCUT2D eigenvalue weighted by Gasteiger charge is -2.17. The smallest absolute Gasteiger partial charge is 0.231 e. The van der Waals surface area contributed by atoms with Gasteiger partial charge >= 0.3 is 0 Å². The minimum Gasteiger partial charge on any atom is -0.507 e. The monoisotopic (exact) mass is 283 g/mol. The summed E-state index contributed by atoms with van der Waals surface area (Å²) in [6.07, 6.45) is -0.277. The van der Waals surface area contributed by atoms with Gasteiger partial charge in [0.05, 0.1) is 0 Å². The first-order valence-corrected chi connectivity index (χ1v) is 6.80. The summed E-state index contributed by atoms with van der Waals surface area (Å²) in [5, 5.41) is 13.1. The summed E-state index contributed by atoms with van der Waals surface area (Å²) in [5.74, 6) is 1.42. The molecule has 6 nitrogen and oxygen atoms in total. The molecule has 20 heavy (non-hydrogen) atoms. The Labute approximate surface area is 118 Å². The lowest BCUT2D eigenvalue weighted by Crippen LogP contribution is -2.31. The summed E-state index contributed by atoms with van der Waals surface area (Å²) in [6.45, 7) is 6.30. The second-order valence-corrected chi connectivity index (χ2v) is 4.31. The van der Waals surface area contributed by atoms with Crippen molar-refractivity contribution in [2.45, 2.75) is 26.7 Å². The van der Waals surface area contributed by atoms with E-state index in [1.807, 2.05) is 13.8 Å². The van der Waals surface area contributed by atoms with Crippen LogP contribution in [0.1, 0.15) is 19.4 Å². The Balaban J connectivity index is 1.87. The average molecular weight is 283 g/mol. The van der Waals surface area contributed by atoms with Crippen molar-refractivity contribution in [3.8, 4) is 17.2 Å². The maximum Gasteiger partial charge on any atom is 0.231 e. The molecule has 0 atom stereocenters. The van der Waals surface area contributed by atoms with Crippen LogP contribution in [0.2, 0.25) is 0 Å². The molecule has 0 spiro atoms. The Hall–Kier alpha value is -1.50. The molecule has 0 saturated carbocycles. The highest BCUT2D eigenvalue weighted by Crippen LogP contribution is 2.37. The van der Waals surface area contributed by atoms with Crippen LogP contribution in [-0.4, -0.2) is 37.9 Å². The Morgan fingerprint density at radius 3 is 2.50 bits per heavy atom. The third-order valence-corrected chi connectivity index (χ3v) is 2.91. The first-order valence-electron chi connectivity index (χ1n) is 6.80. The van der Waals surface area contributed by atoms with Gasteiger partial charge in [-0.1, -0.05) is 0 Å². The summed E-state index contributed by atoms with van der Waals surface area (Å²) < 4.78 is 21.4. The fourth-order valence-electron chi connectivity index (χ4n) is 1.98. The summed E-state index contributed by atoms with van der Waals surface area (Å²) in [6, 6.07) is 3.35. The number of aromatic hydroxyl groups is 1. The molecule has 2 rings (SSSR count). The van der Waals surface area contributed by atoms with E-state index in [9.17, 15) is 5.11 Å². The molecule has 0 amide bonds. The average Bonchev–Trinajstić information content (AvgIpc) is 2.86. The van der Waals surface area contributed by atoms with Crippen molar-refractivity contribution < 1.29 is 24.1 Å². The molecule has 2 N–H and O–H groups in total. The number of nitrogens with one attached hydrogen (secondary N) is 1. The summed E-state index contributed by atoms with van der Waals surface area (Å²) >= 11 is 0. The van der Waals surface area contributed by atoms with Gasteiger partial charge in [0.1, 0.15) is 5.75 Å². The molecule has 0 aliphatic carbocycles. The molecule has 112 valence electrons. The highest BCUT2D eigenvalue weighted by Gasteiger charge is 2.17. The number of hydrogen-bond donors (Lipinski definition) is 2. The molecule has 1 heterocycles. The molecule has 0 radical (unpaired) electrons. The van der Waals surface area contributed by atoms with E-state index in [2.05, 4.69) is 5.32 Å². The van der Waals surface area contributed by atoms with Gasteiger partial charge in [-0.3, -0.25) is 0 Å². The molecule has 0 fully saturated rings. The van der Waals surface area contributed by atoms with Crippen LogP contribution in [0.25, 0.3) is 0 Å². The minimum atomic E-state index is -0.277. The number of ether oxygens (including phenoxy) is 4. The zero-order valence-electron chi connectivity index (χ0n) is 11.8. The standard InChI is InChI=1S/C14H21NO5/c1-3-17-14(18-4-2)8-15-7-10-5-12-13(6-11(10)16)20-9-19-12/h5-6,14-16H,3-4,7-9H2,1-2H3. The number of benzene rings is 1. The van der Waals surface area contributed by atoms with Gasteiger partial charge in [-0.2, -0.15) is 0 Å². The van der Waals surface area contributed by atoms with Gasteiger partial charge in [0.2, 0.25) is 6.79 Å². The van der Waals surface area contributed by atoms with Crippen LogP contribution in [0.15, 0.2) is 12.1 Å². The largest absolute Gasteiger partial charge is 0.507 e. The van der Waals surface area contributed by atoms with E-state index in [1.165, 1.54) is 0 Å². The molecule has 0 saturated heterocycles. The van der Waals surface area contributed by atoms with Crippen molar-refractivity contribution in [1.82, 2.24) is 5.32 Å². The summed E-state index contributed by atoms with van der Waals surface area (Å²) in [5.41, 5.74) is 0.751. The topological polar surface area (TPSA) is 69.2 Å². The highest BCUT2D eigenvalue weighted by atomic mass is 16.7. The van der Waals surface area contributed by atoms with Crippen molar-refractivity contribution in [1.29, 1.82) is 0 Å². The van der Waals surface area contributed by atoms with Crippen LogP contribution in [0.5, 0.6) is 17.2 Å². The fourth-order valence-corrected chi connectivity index (χ4v) is 1.98. The first-order chi connectivity index (χ1) is 9.74. The van der Waals surface area contributed by atoms with Crippen LogP contribution in [-0.2, 0) is 16.0 Å². The maximum atomic E-state index is 9.91. The Morgan fingerprint density at radius 1 is 1.20 bits per heavy atom. The van der Waals surface area contributed by atoms with E-state index in [-0.39, 0.29) is 18.8 Å². The Morgan fingerprint density at radius 2 is 1.85 bits per heavy atom. The Bertz CT molecular complexity index is 432. The van der Waals surface area contributed by atoms with Crippen molar-refractivity contribution in [3.63, 3.8) is 0 Å². The third-order valence-electron chi connectivity index (χ3n) is 2.91. The number of fused-ring (bicyclic) bond motifs is 1. The molecule has 1 aromatic rings. The predicted octanol–water partition coefficient (Wildman–Crippen LogP) is 1.61. The van der Waals surface area contributed by atoms with E-state index in [0.717, 1.165) is 5.56 Å². The molecule has 1 aliphatic rings. The molecule has 1 aromatic carbocycles. The Kier molecular flexibility index (Phi) is 5.46. The van der Waals surface area contributed by atoms with Crippen molar-refractivity contribution in [2.24, 2.45) is 0 Å². The number of hydrogen-bond acceptors (Lipinski definition) is 6. The molecule has 0 unspecified atom stereocenters. The number of phenolic OH excluding ortho intramolecular Hbond substituents is 1. The molecule has 6 heteroatoms. The maximum absolute atomic E-state index is 9.91. The minimum absolute atomic E-state index is 0.186. The van der Waals surface area contributed by atoms with Crippen LogP contribution < -0.4 is 14.8 Å². The van der Waals surface area contributed by atoms with E-state index in [1.54, 1.807) is 12.1 Å². The van der Waals surface area contributed by atoms with Crippen LogP contribution in [0.4, 0.5) is 0 Å². The normalized spacial score (nSPS) is 13.2. The molecule has 1 aliphatic heterocycles. The van der Waals surface area contributed by atoms with Crippen molar-refractivity contribution in [2.75, 3.05) is 26.6 Å². The second-order valence-electron chi connectivity index (χ2n) is 4.31. The molecule has 0 aromatic heterocycles. The summed E-state index contributed by atoms with van der Waals surface area (Å²) in [4.78, 5) is 0. The highest BCUT2D eigenvalue weighted by molar-refractivity contribution is 5.51. The summed E-state index contributed by atoms with van der Waals surface area (Å²) in [7, 11) is 0. The third kappa shape index (κ3) is 3.75. The van der Waals surface area contributed by atoms with Crippen LogP contribution >= 0.6 is 0 Å². The quantitative estimate of drug-likeness (QED) is 0.706. The van der Waals surface area contributed by atoms with E-state index < -0.39 is 0 Å². The molecule has 0 bridgehead atoms. The first kappa shape index (κ1) is 14.9. The zero-order valence-corrected chi connectivity index (χ0v) is 11.8. The second kappa shape index (κ2) is 7.33. The lowest BCUT2D eigenvalue weighted by atomic mass is 10.1. The number of phenols is 1. The predicted molar refractivity (Wildman–Crippen MR) is 73.0 cm³/mol. The molecular weight excluding hydrogens is 262 g/mol. The van der Waals surface area contributed by atoms with Gasteiger partial charge in [0.25, 0.3) is 0 Å². The van der Waals surface area contributed by atoms with Gasteiger partial charge in [-0.05, 0) is 19.9 Å². The SMILES string of the molecule is CCOC(CNCc1cc2c(cc1O)OCO2)OCC. The van der Waals surface area contributed by atoms with E-state index in [4.69, 9.17) is 18.9 Å². The van der Waals surface area contributed by atoms with Gasteiger partial charge in [-0.25, -0.2) is 0 Å². The van der Waals surface area contributed by atoms with Gasteiger partial charge < -0.3 is 29.4 Å². The zero-order chi connectivity index (χ0) is 14.4. The van der Waals surface area contributed by atoms with Crippen molar-refractivity contribution in [3.05, 3.63) is 17.7 Å². The van der Waals surface area contributed by atoms with Crippen LogP contribution in [0.3, 0.4) is 0 Å². The van der Waals surface area contributed by atoms with E-state index in [0.29, 0.717) is 37.8 Å². The van der Waals surface area contributed by atoms with Gasteiger partial charge in [0.15, 0.2) is 17.8 Å². The lowest BCUT2D eigenvalue weighted by molar-refractivity contribution is -0.133. The number of rotatable bonds is 8. The van der Waals surface area contributed by atoms with E-state index >= 15 is 0 Å². The molecular formula is C14H21NO5. The fraction of sp³-hybridized carbons (Fsp3) is 0.571.